The fourth-order valence-corrected chi connectivity index (χ4v) is 8.79. The van der Waals surface area contributed by atoms with Crippen molar-refractivity contribution in [1.29, 1.82) is 0 Å². The number of carboxylic acid groups (broad SMARTS) is 1. The van der Waals surface area contributed by atoms with E-state index in [1.54, 1.807) is 11.6 Å². The van der Waals surface area contributed by atoms with E-state index in [9.17, 15) is 9.90 Å². The Morgan fingerprint density at radius 2 is 1.77 bits per heavy atom. The zero-order valence-electron chi connectivity index (χ0n) is 32.0. The molecule has 0 spiro atoms. The number of piperazine rings is 1. The second-order valence-electron chi connectivity index (χ2n) is 16.9. The number of rotatable bonds is 11. The van der Waals surface area contributed by atoms with Gasteiger partial charge in [-0.3, -0.25) is 4.90 Å². The molecule has 2 aromatic carbocycles. The molecule has 9 nitrogen and oxygen atoms in total. The molecule has 11 heteroatoms. The minimum absolute atomic E-state index is 0.273. The first-order chi connectivity index (χ1) is 25.3. The molecule has 1 fully saturated rings. The Hall–Kier alpha value is -3.83. The zero-order valence-corrected chi connectivity index (χ0v) is 33.7. The van der Waals surface area contributed by atoms with E-state index in [4.69, 9.17) is 26.1 Å². The number of benzene rings is 2. The van der Waals surface area contributed by atoms with Gasteiger partial charge in [0.2, 0.25) is 5.88 Å². The predicted molar refractivity (Wildman–Crippen MR) is 219 cm³/mol. The van der Waals surface area contributed by atoms with Crippen LogP contribution >= 0.6 is 11.6 Å². The van der Waals surface area contributed by atoms with Gasteiger partial charge in [-0.15, -0.1) is 0 Å². The van der Waals surface area contributed by atoms with Crippen molar-refractivity contribution >= 4 is 59.3 Å². The minimum atomic E-state index is -1.18. The van der Waals surface area contributed by atoms with Crippen molar-refractivity contribution in [3.05, 3.63) is 82.5 Å². The number of fused-ring (bicyclic) bond motifs is 2. The Kier molecular flexibility index (Phi) is 11.0. The van der Waals surface area contributed by atoms with E-state index in [1.807, 2.05) is 35.0 Å². The number of pyridine rings is 1. The molecule has 1 saturated heterocycles. The fraction of sp³-hybridized carbons (Fsp3) is 0.476. The molecule has 0 radical (unpaired) electrons. The van der Waals surface area contributed by atoms with E-state index in [1.165, 1.54) is 17.6 Å². The number of carbonyl (C=O) groups is 1. The van der Waals surface area contributed by atoms with Crippen LogP contribution in [0.3, 0.4) is 0 Å². The van der Waals surface area contributed by atoms with Crippen molar-refractivity contribution in [2.45, 2.75) is 71.9 Å². The highest BCUT2D eigenvalue weighted by molar-refractivity contribution is 6.76. The summed E-state index contributed by atoms with van der Waals surface area (Å²) in [6, 6.07) is 19.4. The molecule has 2 aliphatic heterocycles. The lowest BCUT2D eigenvalue weighted by atomic mass is 9.73. The molecule has 282 valence electrons. The van der Waals surface area contributed by atoms with E-state index in [-0.39, 0.29) is 5.56 Å². The number of aromatic carboxylic acids is 1. The number of aromatic nitrogens is 2. The van der Waals surface area contributed by atoms with Crippen molar-refractivity contribution < 1.29 is 19.4 Å². The van der Waals surface area contributed by atoms with Crippen LogP contribution in [0, 0.1) is 5.41 Å². The number of hydrogen-bond acceptors (Lipinski definition) is 7. The SMILES string of the molecule is CC1(C)CCC(c2ccc(Cl)cc2)=C(CN2CCN(c3ccc(C(=O)O)c(N4CCCOc5nc6c(ccn6COCC[Si](C)(C)C)cc54)c3)CC2)C1. The fourth-order valence-electron chi connectivity index (χ4n) is 7.91. The van der Waals surface area contributed by atoms with Crippen LogP contribution in [0.25, 0.3) is 16.6 Å². The quantitative estimate of drug-likeness (QED) is 0.120. The Bertz CT molecular complexity index is 1980. The van der Waals surface area contributed by atoms with Crippen molar-refractivity contribution in [3.63, 3.8) is 0 Å². The van der Waals surface area contributed by atoms with Gasteiger partial charge in [-0.05, 0) is 90.7 Å². The highest BCUT2D eigenvalue weighted by atomic mass is 35.5. The number of anilines is 3. The van der Waals surface area contributed by atoms with Gasteiger partial charge in [0.25, 0.3) is 0 Å². The maximum Gasteiger partial charge on any atom is 0.337 e. The lowest BCUT2D eigenvalue weighted by Crippen LogP contribution is -2.47. The van der Waals surface area contributed by atoms with E-state index >= 15 is 0 Å². The largest absolute Gasteiger partial charge is 0.478 e. The normalized spacial score (nSPS) is 18.2. The lowest BCUT2D eigenvalue weighted by molar-refractivity contribution is 0.0697. The Morgan fingerprint density at radius 1 is 1.00 bits per heavy atom. The molecule has 1 aliphatic carbocycles. The van der Waals surface area contributed by atoms with Crippen LogP contribution in [0.5, 0.6) is 5.88 Å². The van der Waals surface area contributed by atoms with Crippen LogP contribution < -0.4 is 14.5 Å². The number of nitrogens with zero attached hydrogens (tertiary/aromatic N) is 5. The van der Waals surface area contributed by atoms with Gasteiger partial charge in [-0.2, -0.15) is 4.98 Å². The number of ether oxygens (including phenoxy) is 2. The lowest BCUT2D eigenvalue weighted by Gasteiger charge is -2.40. The minimum Gasteiger partial charge on any atom is -0.478 e. The molecule has 0 unspecified atom stereocenters. The van der Waals surface area contributed by atoms with Crippen LogP contribution in [0.4, 0.5) is 17.1 Å². The summed E-state index contributed by atoms with van der Waals surface area (Å²) in [7, 11) is -1.18. The highest BCUT2D eigenvalue weighted by Gasteiger charge is 2.30. The van der Waals surface area contributed by atoms with Crippen LogP contribution in [-0.4, -0.2) is 86.1 Å². The smallest absolute Gasteiger partial charge is 0.337 e. The first-order valence-electron chi connectivity index (χ1n) is 19.1. The van der Waals surface area contributed by atoms with Crippen molar-refractivity contribution in [2.24, 2.45) is 5.41 Å². The summed E-state index contributed by atoms with van der Waals surface area (Å²) >= 11 is 6.24. The van der Waals surface area contributed by atoms with Gasteiger partial charge >= 0.3 is 5.97 Å². The maximum atomic E-state index is 12.7. The van der Waals surface area contributed by atoms with Gasteiger partial charge in [-0.1, -0.05) is 62.8 Å². The van der Waals surface area contributed by atoms with Crippen LogP contribution in [-0.2, 0) is 11.5 Å². The standard InChI is InChI=1S/C42H54ClN5O4Si/c1-42(2)15-13-35(30-7-9-33(43)10-8-30)32(27-42)28-45-18-20-46(21-19-45)34-11-12-36(41(49)50)37(26-34)48-16-6-22-52-40-38(48)25-31-14-17-47(39(31)44-40)29-51-23-24-53(3,4)5/h7-12,14,17,25-26H,6,13,15-16,18-24,27-29H2,1-5H3,(H,49,50). The summed E-state index contributed by atoms with van der Waals surface area (Å²) in [5.74, 6) is -0.426. The second-order valence-corrected chi connectivity index (χ2v) is 23.0. The molecule has 0 amide bonds. The molecule has 7 rings (SSSR count). The number of carboxylic acids is 1. The first kappa shape index (κ1) is 37.5. The van der Waals surface area contributed by atoms with Crippen LogP contribution in [0.1, 0.15) is 55.5 Å². The number of halogens is 1. The monoisotopic (exact) mass is 755 g/mol. The molecule has 0 bridgehead atoms. The summed E-state index contributed by atoms with van der Waals surface area (Å²) in [6.07, 6.45) is 6.13. The number of hydrogen-bond donors (Lipinski definition) is 1. The predicted octanol–water partition coefficient (Wildman–Crippen LogP) is 9.41. The summed E-state index contributed by atoms with van der Waals surface area (Å²) in [4.78, 5) is 24.7. The van der Waals surface area contributed by atoms with E-state index in [2.05, 4.69) is 72.5 Å². The van der Waals surface area contributed by atoms with Gasteiger partial charge in [0.1, 0.15) is 18.1 Å². The van der Waals surface area contributed by atoms with Crippen molar-refractivity contribution in [3.8, 4) is 5.88 Å². The molecule has 1 N–H and O–H groups in total. The van der Waals surface area contributed by atoms with E-state index < -0.39 is 14.0 Å². The van der Waals surface area contributed by atoms with Crippen LogP contribution in [0.15, 0.2) is 66.4 Å². The summed E-state index contributed by atoms with van der Waals surface area (Å²) in [5.41, 5.74) is 8.17. The van der Waals surface area contributed by atoms with Crippen molar-refractivity contribution in [1.82, 2.24) is 14.5 Å². The average molecular weight is 756 g/mol. The number of allylic oxidation sites excluding steroid dienone is 1. The molecule has 3 aliphatic rings. The van der Waals surface area contributed by atoms with Crippen LogP contribution in [0.2, 0.25) is 30.7 Å². The molecule has 4 aromatic rings. The molecule has 53 heavy (non-hydrogen) atoms. The molecular weight excluding hydrogens is 702 g/mol. The Morgan fingerprint density at radius 3 is 2.51 bits per heavy atom. The molecule has 4 heterocycles. The second kappa shape index (κ2) is 15.5. The third-order valence-electron chi connectivity index (χ3n) is 11.0. The summed E-state index contributed by atoms with van der Waals surface area (Å²) in [6.45, 7) is 18.7. The highest BCUT2D eigenvalue weighted by Crippen LogP contribution is 2.43. The van der Waals surface area contributed by atoms with Crippen molar-refractivity contribution in [2.75, 3.05) is 62.3 Å². The third-order valence-corrected chi connectivity index (χ3v) is 12.9. The Labute approximate surface area is 320 Å². The average Bonchev–Trinajstić information content (AvgIpc) is 3.39. The zero-order chi connectivity index (χ0) is 37.3. The Balaban J connectivity index is 1.10. The third kappa shape index (κ3) is 8.77. The summed E-state index contributed by atoms with van der Waals surface area (Å²) in [5, 5.41) is 12.1. The van der Waals surface area contributed by atoms with Gasteiger partial charge in [0, 0.05) is 76.2 Å². The van der Waals surface area contributed by atoms with E-state index in [0.29, 0.717) is 36.9 Å². The topological polar surface area (TPSA) is 83.3 Å². The molecule has 2 aromatic heterocycles. The van der Waals surface area contributed by atoms with Gasteiger partial charge in [-0.25, -0.2) is 4.79 Å². The maximum absolute atomic E-state index is 12.7. The van der Waals surface area contributed by atoms with Gasteiger partial charge in [0.15, 0.2) is 0 Å². The van der Waals surface area contributed by atoms with E-state index in [0.717, 1.165) is 92.1 Å². The molecule has 0 atom stereocenters. The first-order valence-corrected chi connectivity index (χ1v) is 23.2. The summed E-state index contributed by atoms with van der Waals surface area (Å²) < 4.78 is 14.3. The molecule has 0 saturated carbocycles. The van der Waals surface area contributed by atoms with Gasteiger partial charge < -0.3 is 28.9 Å². The van der Waals surface area contributed by atoms with Gasteiger partial charge in [0.05, 0.1) is 17.9 Å². The molecular formula is C42H54ClN5O4Si.